The average molecular weight is 381 g/mol. The second-order valence-corrected chi connectivity index (χ2v) is 8.21. The van der Waals surface area contributed by atoms with Gasteiger partial charge in [-0.1, -0.05) is 47.5 Å². The molecule has 0 aliphatic carbocycles. The van der Waals surface area contributed by atoms with Gasteiger partial charge in [0, 0.05) is 11.6 Å². The van der Waals surface area contributed by atoms with Crippen molar-refractivity contribution in [1.82, 2.24) is 5.32 Å². The molecule has 25 heavy (non-hydrogen) atoms. The lowest BCUT2D eigenvalue weighted by Crippen LogP contribution is -2.47. The standard InChI is InChI=1S/C18H21ClN2O3S/c1-13-7-9-15(10-8-13)12-20-18(22)14(2)21(25(3,23)24)17-6-4-5-16(19)11-17/h4-11,14H,12H2,1-3H3,(H,20,22)/t14-/m0/s1. The van der Waals surface area contributed by atoms with Gasteiger partial charge in [-0.3, -0.25) is 9.10 Å². The first kappa shape index (κ1) is 19.3. The van der Waals surface area contributed by atoms with Crippen molar-refractivity contribution >= 4 is 33.2 Å². The Morgan fingerprint density at radius 1 is 1.20 bits per heavy atom. The molecule has 5 nitrogen and oxygen atoms in total. The molecule has 0 unspecified atom stereocenters. The molecule has 1 N–H and O–H groups in total. The number of benzene rings is 2. The lowest BCUT2D eigenvalue weighted by Gasteiger charge is -2.28. The van der Waals surface area contributed by atoms with Crippen LogP contribution in [0.2, 0.25) is 5.02 Å². The Balaban J connectivity index is 2.17. The van der Waals surface area contributed by atoms with Gasteiger partial charge < -0.3 is 5.32 Å². The predicted octanol–water partition coefficient (Wildman–Crippen LogP) is 3.12. The lowest BCUT2D eigenvalue weighted by molar-refractivity contribution is -0.122. The molecule has 134 valence electrons. The van der Waals surface area contributed by atoms with Gasteiger partial charge in [-0.05, 0) is 37.6 Å². The number of carbonyl (C=O) groups excluding carboxylic acids is 1. The predicted molar refractivity (Wildman–Crippen MR) is 101 cm³/mol. The quantitative estimate of drug-likeness (QED) is 0.837. The molecule has 2 aromatic rings. The van der Waals surface area contributed by atoms with Crippen LogP contribution in [0.15, 0.2) is 48.5 Å². The number of nitrogens with zero attached hydrogens (tertiary/aromatic N) is 1. The summed E-state index contributed by atoms with van der Waals surface area (Å²) >= 11 is 5.96. The number of anilines is 1. The van der Waals surface area contributed by atoms with Gasteiger partial charge in [0.2, 0.25) is 15.9 Å². The fourth-order valence-electron chi connectivity index (χ4n) is 2.46. The number of carbonyl (C=O) groups is 1. The van der Waals surface area contributed by atoms with Gasteiger partial charge in [-0.2, -0.15) is 0 Å². The fourth-order valence-corrected chi connectivity index (χ4v) is 3.82. The van der Waals surface area contributed by atoms with Gasteiger partial charge in [-0.25, -0.2) is 8.42 Å². The van der Waals surface area contributed by atoms with E-state index in [0.717, 1.165) is 21.7 Å². The monoisotopic (exact) mass is 380 g/mol. The van der Waals surface area contributed by atoms with E-state index in [9.17, 15) is 13.2 Å². The zero-order chi connectivity index (χ0) is 18.6. The molecule has 0 heterocycles. The molecule has 0 spiro atoms. The van der Waals surface area contributed by atoms with Gasteiger partial charge in [0.15, 0.2) is 0 Å². The Hall–Kier alpha value is -2.05. The fraction of sp³-hybridized carbons (Fsp3) is 0.278. The maximum Gasteiger partial charge on any atom is 0.243 e. The molecule has 2 rings (SSSR count). The first-order valence-electron chi connectivity index (χ1n) is 7.76. The van der Waals surface area contributed by atoms with E-state index in [1.54, 1.807) is 25.1 Å². The molecular weight excluding hydrogens is 360 g/mol. The van der Waals surface area contributed by atoms with E-state index >= 15 is 0 Å². The average Bonchev–Trinajstić information content (AvgIpc) is 2.53. The zero-order valence-corrected chi connectivity index (χ0v) is 15.9. The first-order chi connectivity index (χ1) is 11.7. The number of sulfonamides is 1. The van der Waals surface area contributed by atoms with E-state index in [1.165, 1.54) is 6.07 Å². The number of halogens is 1. The minimum absolute atomic E-state index is 0.330. The van der Waals surface area contributed by atoms with E-state index in [0.29, 0.717) is 17.3 Å². The van der Waals surface area contributed by atoms with Crippen LogP contribution in [-0.2, 0) is 21.4 Å². The Morgan fingerprint density at radius 3 is 2.40 bits per heavy atom. The summed E-state index contributed by atoms with van der Waals surface area (Å²) in [4.78, 5) is 12.5. The molecule has 1 amide bonds. The Kier molecular flexibility index (Phi) is 6.08. The van der Waals surface area contributed by atoms with Crippen molar-refractivity contribution in [3.05, 3.63) is 64.7 Å². The number of aryl methyl sites for hydroxylation is 1. The molecule has 0 aliphatic rings. The summed E-state index contributed by atoms with van der Waals surface area (Å²) < 4.78 is 25.5. The van der Waals surface area contributed by atoms with Gasteiger partial charge >= 0.3 is 0 Å². The summed E-state index contributed by atoms with van der Waals surface area (Å²) in [5.74, 6) is -0.383. The third kappa shape index (κ3) is 5.21. The highest BCUT2D eigenvalue weighted by Gasteiger charge is 2.29. The molecule has 7 heteroatoms. The maximum absolute atomic E-state index is 12.5. The summed E-state index contributed by atoms with van der Waals surface area (Å²) in [6.45, 7) is 3.86. The summed E-state index contributed by atoms with van der Waals surface area (Å²) in [6, 6.07) is 13.3. The SMILES string of the molecule is Cc1ccc(CNC(=O)[C@H](C)N(c2cccc(Cl)c2)S(C)(=O)=O)cc1. The first-order valence-corrected chi connectivity index (χ1v) is 9.99. The van der Waals surface area contributed by atoms with Crippen molar-refractivity contribution < 1.29 is 13.2 Å². The maximum atomic E-state index is 12.5. The highest BCUT2D eigenvalue weighted by Crippen LogP contribution is 2.24. The second kappa shape index (κ2) is 7.89. The topological polar surface area (TPSA) is 66.5 Å². The van der Waals surface area contributed by atoms with Crippen molar-refractivity contribution in [2.45, 2.75) is 26.4 Å². The number of hydrogen-bond donors (Lipinski definition) is 1. The van der Waals surface area contributed by atoms with Gasteiger partial charge in [0.25, 0.3) is 0 Å². The number of rotatable bonds is 6. The minimum atomic E-state index is -3.65. The number of nitrogens with one attached hydrogen (secondary N) is 1. The molecule has 0 aromatic heterocycles. The smallest absolute Gasteiger partial charge is 0.243 e. The molecule has 0 aliphatic heterocycles. The lowest BCUT2D eigenvalue weighted by atomic mass is 10.1. The third-order valence-corrected chi connectivity index (χ3v) is 5.22. The third-order valence-electron chi connectivity index (χ3n) is 3.74. The van der Waals surface area contributed by atoms with Gasteiger partial charge in [-0.15, -0.1) is 0 Å². The van der Waals surface area contributed by atoms with Crippen LogP contribution in [0.5, 0.6) is 0 Å². The molecule has 0 saturated carbocycles. The highest BCUT2D eigenvalue weighted by atomic mass is 35.5. The van der Waals surface area contributed by atoms with E-state index < -0.39 is 16.1 Å². The zero-order valence-electron chi connectivity index (χ0n) is 14.4. The molecule has 0 fully saturated rings. The molecular formula is C18H21ClN2O3S. The van der Waals surface area contributed by atoms with Crippen LogP contribution in [0.1, 0.15) is 18.1 Å². The van der Waals surface area contributed by atoms with Crippen molar-refractivity contribution in [3.63, 3.8) is 0 Å². The molecule has 0 bridgehead atoms. The van der Waals surface area contributed by atoms with Crippen molar-refractivity contribution in [2.24, 2.45) is 0 Å². The van der Waals surface area contributed by atoms with Crippen LogP contribution in [-0.4, -0.2) is 26.6 Å². The highest BCUT2D eigenvalue weighted by molar-refractivity contribution is 7.92. The summed E-state index contributed by atoms with van der Waals surface area (Å²) in [6.07, 6.45) is 1.07. The van der Waals surface area contributed by atoms with Crippen LogP contribution >= 0.6 is 11.6 Å². The van der Waals surface area contributed by atoms with Crippen LogP contribution in [0.3, 0.4) is 0 Å². The minimum Gasteiger partial charge on any atom is -0.350 e. The Morgan fingerprint density at radius 2 is 1.84 bits per heavy atom. The van der Waals surface area contributed by atoms with Crippen LogP contribution < -0.4 is 9.62 Å². The van der Waals surface area contributed by atoms with E-state index in [2.05, 4.69) is 5.32 Å². The van der Waals surface area contributed by atoms with Crippen LogP contribution in [0.4, 0.5) is 5.69 Å². The van der Waals surface area contributed by atoms with Crippen LogP contribution in [0, 0.1) is 6.92 Å². The van der Waals surface area contributed by atoms with Crippen molar-refractivity contribution in [1.29, 1.82) is 0 Å². The molecule has 1 atom stereocenters. The van der Waals surface area contributed by atoms with Crippen molar-refractivity contribution in [3.8, 4) is 0 Å². The van der Waals surface area contributed by atoms with Crippen LogP contribution in [0.25, 0.3) is 0 Å². The van der Waals surface area contributed by atoms with Gasteiger partial charge in [0.05, 0.1) is 11.9 Å². The Labute approximate surface area is 153 Å². The van der Waals surface area contributed by atoms with E-state index in [-0.39, 0.29) is 5.91 Å². The summed E-state index contributed by atoms with van der Waals surface area (Å²) in [5.41, 5.74) is 2.43. The second-order valence-electron chi connectivity index (χ2n) is 5.92. The molecule has 0 saturated heterocycles. The molecule has 0 radical (unpaired) electrons. The van der Waals surface area contributed by atoms with E-state index in [1.807, 2.05) is 31.2 Å². The summed E-state index contributed by atoms with van der Waals surface area (Å²) in [5, 5.41) is 3.18. The molecule has 2 aromatic carbocycles. The van der Waals surface area contributed by atoms with E-state index in [4.69, 9.17) is 11.6 Å². The summed E-state index contributed by atoms with van der Waals surface area (Å²) in [7, 11) is -3.65. The normalized spacial score (nSPS) is 12.5. The number of hydrogen-bond acceptors (Lipinski definition) is 3. The number of amides is 1. The van der Waals surface area contributed by atoms with Crippen molar-refractivity contribution in [2.75, 3.05) is 10.6 Å². The van der Waals surface area contributed by atoms with Gasteiger partial charge in [0.1, 0.15) is 6.04 Å². The Bertz CT molecular complexity index is 851. The largest absolute Gasteiger partial charge is 0.350 e.